The van der Waals surface area contributed by atoms with Crippen LogP contribution in [0.3, 0.4) is 0 Å². The molecule has 4 N–H and O–H groups in total. The van der Waals surface area contributed by atoms with Crippen molar-refractivity contribution in [2.24, 2.45) is 0 Å². The second-order valence-corrected chi connectivity index (χ2v) is 7.57. The van der Waals surface area contributed by atoms with Gasteiger partial charge < -0.3 is 20.9 Å². The van der Waals surface area contributed by atoms with Crippen LogP contribution in [0.1, 0.15) is 15.9 Å². The van der Waals surface area contributed by atoms with Gasteiger partial charge in [0.1, 0.15) is 5.65 Å². The van der Waals surface area contributed by atoms with E-state index in [0.717, 1.165) is 43.8 Å². The number of aromatic amines is 1. The first-order valence-electron chi connectivity index (χ1n) is 9.13. The predicted molar refractivity (Wildman–Crippen MR) is 122 cm³/mol. The normalized spacial score (nSPS) is 10.7. The van der Waals surface area contributed by atoms with E-state index in [1.165, 1.54) is 0 Å². The molecular formula is C22H20BrN5O. The van der Waals surface area contributed by atoms with Gasteiger partial charge in [-0.3, -0.25) is 4.79 Å². The van der Waals surface area contributed by atoms with Gasteiger partial charge in [0.05, 0.1) is 11.3 Å². The summed E-state index contributed by atoms with van der Waals surface area (Å²) in [4.78, 5) is 20.4. The number of benzene rings is 2. The summed E-state index contributed by atoms with van der Waals surface area (Å²) in [5.74, 6) is -0.215. The van der Waals surface area contributed by atoms with Crippen LogP contribution in [-0.4, -0.2) is 22.9 Å². The number of halogens is 1. The number of aryl methyl sites for hydroxylation is 1. The molecule has 0 saturated carbocycles. The molecule has 0 aliphatic heterocycles. The Labute approximate surface area is 176 Å². The molecule has 4 aromatic rings. The second-order valence-electron chi connectivity index (χ2n) is 6.66. The van der Waals surface area contributed by atoms with E-state index in [0.29, 0.717) is 5.56 Å². The lowest BCUT2D eigenvalue weighted by molar-refractivity contribution is 0.102. The van der Waals surface area contributed by atoms with Crippen LogP contribution >= 0.6 is 15.9 Å². The molecule has 6 nitrogen and oxygen atoms in total. The first-order chi connectivity index (χ1) is 14.0. The van der Waals surface area contributed by atoms with Crippen molar-refractivity contribution in [2.75, 3.05) is 23.0 Å². The molecule has 0 radical (unpaired) electrons. The molecule has 2 aromatic heterocycles. The van der Waals surface area contributed by atoms with Crippen LogP contribution in [0.5, 0.6) is 0 Å². The maximum atomic E-state index is 13.0. The third kappa shape index (κ3) is 3.95. The van der Waals surface area contributed by atoms with Crippen molar-refractivity contribution in [3.8, 4) is 0 Å². The fourth-order valence-electron chi connectivity index (χ4n) is 3.21. The summed E-state index contributed by atoms with van der Waals surface area (Å²) in [5, 5.41) is 10.4. The Hall–Kier alpha value is -3.32. The molecule has 0 bridgehead atoms. The number of carbonyl (C=O) groups is 1. The molecule has 2 aromatic carbocycles. The molecule has 146 valence electrons. The van der Waals surface area contributed by atoms with Crippen molar-refractivity contribution in [1.29, 1.82) is 0 Å². The zero-order valence-electron chi connectivity index (χ0n) is 16.0. The SMILES string of the molecule is CNc1c(C(=O)Nc2cc(Nc3cccc(Br)c3)ccc2C)cnc2[nH]ccc12. The topological polar surface area (TPSA) is 81.8 Å². The Morgan fingerprint density at radius 2 is 1.93 bits per heavy atom. The molecule has 1 amide bonds. The molecule has 0 unspecified atom stereocenters. The Kier molecular flexibility index (Phi) is 5.22. The number of nitrogens with one attached hydrogen (secondary N) is 4. The van der Waals surface area contributed by atoms with E-state index in [1.807, 2.05) is 55.5 Å². The van der Waals surface area contributed by atoms with Crippen molar-refractivity contribution in [3.05, 3.63) is 76.5 Å². The largest absolute Gasteiger partial charge is 0.387 e. The molecular weight excluding hydrogens is 430 g/mol. The molecule has 2 heterocycles. The number of fused-ring (bicyclic) bond motifs is 1. The Bertz CT molecular complexity index is 1200. The average Bonchev–Trinajstić information content (AvgIpc) is 3.18. The van der Waals surface area contributed by atoms with Gasteiger partial charge in [0.2, 0.25) is 0 Å². The summed E-state index contributed by atoms with van der Waals surface area (Å²) in [5.41, 5.74) is 5.53. The van der Waals surface area contributed by atoms with Crippen LogP contribution in [0.15, 0.2) is 65.4 Å². The molecule has 0 spiro atoms. The molecule has 7 heteroatoms. The van der Waals surface area contributed by atoms with Crippen LogP contribution < -0.4 is 16.0 Å². The van der Waals surface area contributed by atoms with Crippen molar-refractivity contribution in [3.63, 3.8) is 0 Å². The molecule has 0 aliphatic carbocycles. The number of anilines is 4. The van der Waals surface area contributed by atoms with Gasteiger partial charge in [-0.05, 0) is 48.9 Å². The Morgan fingerprint density at radius 3 is 2.72 bits per heavy atom. The van der Waals surface area contributed by atoms with Gasteiger partial charge in [-0.2, -0.15) is 0 Å². The van der Waals surface area contributed by atoms with Crippen molar-refractivity contribution in [2.45, 2.75) is 6.92 Å². The second kappa shape index (κ2) is 7.97. The van der Waals surface area contributed by atoms with Gasteiger partial charge in [-0.15, -0.1) is 0 Å². The minimum absolute atomic E-state index is 0.215. The maximum absolute atomic E-state index is 13.0. The molecule has 0 saturated heterocycles. The number of pyridine rings is 1. The molecule has 0 atom stereocenters. The molecule has 29 heavy (non-hydrogen) atoms. The van der Waals surface area contributed by atoms with Gasteiger partial charge in [0, 0.05) is 46.4 Å². The summed E-state index contributed by atoms with van der Waals surface area (Å²) in [7, 11) is 1.80. The minimum Gasteiger partial charge on any atom is -0.387 e. The van der Waals surface area contributed by atoms with Crippen LogP contribution in [0, 0.1) is 6.92 Å². The first kappa shape index (κ1) is 19.0. The number of H-pyrrole nitrogens is 1. The standard InChI is InChI=1S/C22H20BrN5O/c1-13-6-7-16(27-15-5-3-4-14(23)10-15)11-19(13)28-22(29)18-12-26-21-17(8-9-25-21)20(18)24-2/h3-12,27H,1-2H3,(H,28,29)(H2,24,25,26). The number of nitrogens with zero attached hydrogens (tertiary/aromatic N) is 1. The van der Waals surface area contributed by atoms with Gasteiger partial charge >= 0.3 is 0 Å². The highest BCUT2D eigenvalue weighted by Crippen LogP contribution is 2.28. The number of amides is 1. The number of carbonyl (C=O) groups excluding carboxylic acids is 1. The van der Waals surface area contributed by atoms with Crippen LogP contribution in [0.2, 0.25) is 0 Å². The Morgan fingerprint density at radius 1 is 1.10 bits per heavy atom. The highest BCUT2D eigenvalue weighted by molar-refractivity contribution is 9.10. The summed E-state index contributed by atoms with van der Waals surface area (Å²) in [6, 6.07) is 15.7. The third-order valence-corrected chi connectivity index (χ3v) is 5.17. The maximum Gasteiger partial charge on any atom is 0.259 e. The zero-order valence-corrected chi connectivity index (χ0v) is 17.6. The summed E-state index contributed by atoms with van der Waals surface area (Å²) < 4.78 is 0.996. The Balaban J connectivity index is 1.61. The lowest BCUT2D eigenvalue weighted by Gasteiger charge is -2.14. The van der Waals surface area contributed by atoms with Crippen molar-refractivity contribution < 1.29 is 4.79 Å². The van der Waals surface area contributed by atoms with E-state index in [4.69, 9.17) is 0 Å². The van der Waals surface area contributed by atoms with E-state index in [-0.39, 0.29) is 5.91 Å². The third-order valence-electron chi connectivity index (χ3n) is 4.68. The van der Waals surface area contributed by atoms with Gasteiger partial charge in [-0.1, -0.05) is 28.1 Å². The van der Waals surface area contributed by atoms with E-state index < -0.39 is 0 Å². The van der Waals surface area contributed by atoms with E-state index in [2.05, 4.69) is 41.8 Å². The fraction of sp³-hybridized carbons (Fsp3) is 0.0909. The van der Waals surface area contributed by atoms with E-state index >= 15 is 0 Å². The van der Waals surface area contributed by atoms with Gasteiger partial charge in [0.25, 0.3) is 5.91 Å². The predicted octanol–water partition coefficient (Wildman–Crippen LogP) is 5.67. The monoisotopic (exact) mass is 449 g/mol. The van der Waals surface area contributed by atoms with Crippen molar-refractivity contribution >= 4 is 55.6 Å². The van der Waals surface area contributed by atoms with E-state index in [9.17, 15) is 4.79 Å². The summed E-state index contributed by atoms with van der Waals surface area (Å²) in [6.45, 7) is 1.96. The quantitative estimate of drug-likeness (QED) is 0.316. The fourth-order valence-corrected chi connectivity index (χ4v) is 3.61. The van der Waals surface area contributed by atoms with Gasteiger partial charge in [0.15, 0.2) is 0 Å². The molecule has 0 fully saturated rings. The smallest absolute Gasteiger partial charge is 0.259 e. The lowest BCUT2D eigenvalue weighted by atomic mass is 10.1. The van der Waals surface area contributed by atoms with Crippen LogP contribution in [0.25, 0.3) is 11.0 Å². The van der Waals surface area contributed by atoms with E-state index in [1.54, 1.807) is 19.4 Å². The van der Waals surface area contributed by atoms with Crippen molar-refractivity contribution in [1.82, 2.24) is 9.97 Å². The highest BCUT2D eigenvalue weighted by atomic mass is 79.9. The minimum atomic E-state index is -0.215. The number of rotatable bonds is 5. The first-order valence-corrected chi connectivity index (χ1v) is 9.93. The van der Waals surface area contributed by atoms with Crippen LogP contribution in [-0.2, 0) is 0 Å². The van der Waals surface area contributed by atoms with Crippen LogP contribution in [0.4, 0.5) is 22.7 Å². The molecule has 4 rings (SSSR count). The lowest BCUT2D eigenvalue weighted by Crippen LogP contribution is -2.15. The number of hydrogen-bond donors (Lipinski definition) is 4. The van der Waals surface area contributed by atoms with Gasteiger partial charge in [-0.25, -0.2) is 4.98 Å². The zero-order chi connectivity index (χ0) is 20.4. The highest BCUT2D eigenvalue weighted by Gasteiger charge is 2.16. The number of aromatic nitrogens is 2. The molecule has 0 aliphatic rings. The summed E-state index contributed by atoms with van der Waals surface area (Å²) >= 11 is 3.48. The summed E-state index contributed by atoms with van der Waals surface area (Å²) in [6.07, 6.45) is 3.39. The number of hydrogen-bond acceptors (Lipinski definition) is 4. The average molecular weight is 450 g/mol.